The third kappa shape index (κ3) is 5.70. The Balaban J connectivity index is 0.000000844. The number of rotatable bonds is 4. The molecular weight excluding hydrogens is 413 g/mol. The van der Waals surface area contributed by atoms with E-state index in [1.165, 1.54) is 44.2 Å². The molecule has 3 aliphatic rings. The molecule has 1 aromatic rings. The maximum atomic E-state index is 11.8. The van der Waals surface area contributed by atoms with Gasteiger partial charge >= 0.3 is 6.09 Å². The van der Waals surface area contributed by atoms with Crippen LogP contribution in [0.3, 0.4) is 0 Å². The Labute approximate surface area is 189 Å². The zero-order valence-electron chi connectivity index (χ0n) is 16.9. The van der Waals surface area contributed by atoms with E-state index < -0.39 is 0 Å². The Morgan fingerprint density at radius 1 is 1.00 bits per heavy atom. The van der Waals surface area contributed by atoms with Gasteiger partial charge in [0.2, 0.25) is 0 Å². The average molecular weight is 446 g/mol. The largest absolute Gasteiger partial charge is 0.477 e. The van der Waals surface area contributed by atoms with Crippen molar-refractivity contribution in [2.24, 2.45) is 11.8 Å². The van der Waals surface area contributed by atoms with Crippen LogP contribution in [0.25, 0.3) is 0 Å². The van der Waals surface area contributed by atoms with E-state index in [0.29, 0.717) is 6.54 Å². The molecule has 147 valence electrons. The molecule has 1 saturated carbocycles. The van der Waals surface area contributed by atoms with E-state index in [4.69, 9.17) is 4.74 Å². The van der Waals surface area contributed by atoms with Gasteiger partial charge in [0.05, 0.1) is 0 Å². The van der Waals surface area contributed by atoms with Crippen molar-refractivity contribution >= 4 is 17.5 Å². The first-order valence-corrected chi connectivity index (χ1v) is 10.4. The molecule has 1 atom stereocenters. The number of piperidine rings is 1. The van der Waals surface area contributed by atoms with Crippen molar-refractivity contribution in [2.45, 2.75) is 58.5 Å². The molecule has 27 heavy (non-hydrogen) atoms. The Morgan fingerprint density at radius 3 is 2.04 bits per heavy atom. The molecule has 1 aromatic carbocycles. The molecule has 0 bridgehead atoms. The van der Waals surface area contributed by atoms with E-state index in [2.05, 4.69) is 24.0 Å². The van der Waals surface area contributed by atoms with Gasteiger partial charge in [-0.25, -0.2) is 4.79 Å². The minimum absolute atomic E-state index is 0. The van der Waals surface area contributed by atoms with E-state index in [0.717, 1.165) is 30.6 Å². The van der Waals surface area contributed by atoms with Crippen LogP contribution in [-0.2, 0) is 37.4 Å². The Hall–Kier alpha value is -0.606. The first kappa shape index (κ1) is 22.7. The monoisotopic (exact) mass is 446 g/mol. The quantitative estimate of drug-likeness (QED) is 0.591. The van der Waals surface area contributed by atoms with Gasteiger partial charge in [-0.05, 0) is 61.5 Å². The number of hydrogen-bond acceptors (Lipinski definition) is 3. The van der Waals surface area contributed by atoms with E-state index in [9.17, 15) is 4.79 Å². The molecule has 1 amide bonds. The van der Waals surface area contributed by atoms with Crippen LogP contribution >= 0.6 is 0 Å². The third-order valence-electron chi connectivity index (χ3n) is 5.91. The molecule has 1 aliphatic carbocycles. The summed E-state index contributed by atoms with van der Waals surface area (Å²) in [5.41, 5.74) is 2.16. The maximum absolute atomic E-state index is 11.8. The molecule has 3 fully saturated rings. The number of hydrogen-bond donors (Lipinski definition) is 0. The van der Waals surface area contributed by atoms with Gasteiger partial charge in [-0.2, -0.15) is 0 Å². The molecule has 1 radical (unpaired) electrons. The van der Waals surface area contributed by atoms with Gasteiger partial charge in [0.1, 0.15) is 0 Å². The fourth-order valence-corrected chi connectivity index (χ4v) is 4.20. The van der Waals surface area contributed by atoms with Crippen molar-refractivity contribution in [1.29, 1.82) is 0 Å². The fourth-order valence-electron chi connectivity index (χ4n) is 4.20. The summed E-state index contributed by atoms with van der Waals surface area (Å²) in [6, 6.07) is 8.31. The standard InChI is InChI=1S/C20H27N2O2.C2H6.Y/c1-15-14-22(20(23)24-15)19-7-5-18(6-8-19)21-11-9-17(10-12-21)13-16-3-2-4-16;1-2;/h5-8,15-17H,1-4,9-14H2;1-2H3;/q-1;;/t15-;;/m0../s1. The van der Waals surface area contributed by atoms with Crippen molar-refractivity contribution in [3.63, 3.8) is 0 Å². The van der Waals surface area contributed by atoms with Crippen LogP contribution in [0, 0.1) is 18.8 Å². The van der Waals surface area contributed by atoms with Gasteiger partial charge in [0.15, 0.2) is 0 Å². The third-order valence-corrected chi connectivity index (χ3v) is 5.91. The van der Waals surface area contributed by atoms with Crippen LogP contribution < -0.4 is 9.80 Å². The van der Waals surface area contributed by atoms with E-state index in [1.54, 1.807) is 4.90 Å². The van der Waals surface area contributed by atoms with Crippen molar-refractivity contribution in [1.82, 2.24) is 0 Å². The van der Waals surface area contributed by atoms with Crippen molar-refractivity contribution in [3.05, 3.63) is 31.2 Å². The molecule has 5 heteroatoms. The minimum Gasteiger partial charge on any atom is -0.477 e. The molecule has 0 spiro atoms. The number of cyclic esters (lactones) is 1. The Morgan fingerprint density at radius 2 is 1.56 bits per heavy atom. The molecule has 2 heterocycles. The SMILES string of the molecule is CC.[CH2-][C@H]1CN(c2ccc(N3CCC(CC4CCC4)CC3)cc2)C(=O)O1.[Y]. The fraction of sp³-hybridized carbons (Fsp3) is 0.636. The summed E-state index contributed by atoms with van der Waals surface area (Å²) in [7, 11) is 0. The summed E-state index contributed by atoms with van der Waals surface area (Å²) in [5, 5.41) is 0. The summed E-state index contributed by atoms with van der Waals surface area (Å²) in [5.74, 6) is 1.96. The number of carbonyl (C=O) groups is 1. The van der Waals surface area contributed by atoms with Gasteiger partial charge < -0.3 is 16.6 Å². The van der Waals surface area contributed by atoms with Crippen LogP contribution in [0.2, 0.25) is 0 Å². The van der Waals surface area contributed by atoms with Gasteiger partial charge in [0.25, 0.3) is 0 Å². The van der Waals surface area contributed by atoms with Crippen molar-refractivity contribution < 1.29 is 42.2 Å². The second-order valence-corrected chi connectivity index (χ2v) is 7.60. The van der Waals surface area contributed by atoms with Crippen LogP contribution in [-0.4, -0.2) is 31.8 Å². The second kappa shape index (κ2) is 10.8. The number of nitrogens with zero attached hydrogens (tertiary/aromatic N) is 2. The first-order chi connectivity index (χ1) is 12.7. The van der Waals surface area contributed by atoms with Crippen molar-refractivity contribution in [3.8, 4) is 0 Å². The van der Waals surface area contributed by atoms with Crippen LogP contribution in [0.15, 0.2) is 24.3 Å². The Kier molecular flexibility index (Phi) is 9.08. The van der Waals surface area contributed by atoms with Crippen LogP contribution in [0.4, 0.5) is 16.2 Å². The number of anilines is 2. The summed E-state index contributed by atoms with van der Waals surface area (Å²) >= 11 is 0. The molecular formula is C22H33N2O2Y-. The molecule has 4 nitrogen and oxygen atoms in total. The van der Waals surface area contributed by atoms with E-state index in [-0.39, 0.29) is 44.9 Å². The second-order valence-electron chi connectivity index (χ2n) is 7.60. The van der Waals surface area contributed by atoms with Gasteiger partial charge in [-0.3, -0.25) is 4.90 Å². The summed E-state index contributed by atoms with van der Waals surface area (Å²) in [4.78, 5) is 15.9. The molecule has 2 aliphatic heterocycles. The Bertz CT molecular complexity index is 580. The number of amides is 1. The molecule has 4 rings (SSSR count). The zero-order chi connectivity index (χ0) is 18.5. The van der Waals surface area contributed by atoms with Gasteiger partial charge in [-0.15, -0.1) is 0 Å². The maximum Gasteiger partial charge on any atom is 0.411 e. The number of ether oxygens (including phenoxy) is 1. The molecule has 2 saturated heterocycles. The molecule has 0 aromatic heterocycles. The van der Waals surface area contributed by atoms with Crippen LogP contribution in [0.1, 0.15) is 52.4 Å². The number of benzene rings is 1. The minimum atomic E-state index is -0.292. The van der Waals surface area contributed by atoms with Gasteiger partial charge in [-0.1, -0.05) is 33.1 Å². The average Bonchev–Trinajstić information content (AvgIpc) is 2.99. The summed E-state index contributed by atoms with van der Waals surface area (Å²) < 4.78 is 5.10. The normalized spacial score (nSPS) is 23.1. The predicted molar refractivity (Wildman–Crippen MR) is 108 cm³/mol. The zero-order valence-corrected chi connectivity index (χ0v) is 19.7. The number of carbonyl (C=O) groups excluding carboxylic acids is 1. The predicted octanol–water partition coefficient (Wildman–Crippen LogP) is 5.28. The molecule has 0 N–H and O–H groups in total. The first-order valence-electron chi connectivity index (χ1n) is 10.4. The van der Waals surface area contributed by atoms with Crippen molar-refractivity contribution in [2.75, 3.05) is 29.4 Å². The van der Waals surface area contributed by atoms with E-state index >= 15 is 0 Å². The topological polar surface area (TPSA) is 32.8 Å². The summed E-state index contributed by atoms with van der Waals surface area (Å²) in [6.45, 7) is 10.6. The smallest absolute Gasteiger partial charge is 0.411 e. The van der Waals surface area contributed by atoms with E-state index in [1.807, 2.05) is 26.0 Å². The van der Waals surface area contributed by atoms with Crippen LogP contribution in [0.5, 0.6) is 0 Å². The molecule has 0 unspecified atom stereocenters. The van der Waals surface area contributed by atoms with Gasteiger partial charge in [0, 0.05) is 63.7 Å². The summed E-state index contributed by atoms with van der Waals surface area (Å²) in [6.07, 6.45) is 7.92.